The Morgan fingerprint density at radius 1 is 1.04 bits per heavy atom. The van der Waals surface area contributed by atoms with Crippen LogP contribution in [0.4, 0.5) is 5.69 Å². The van der Waals surface area contributed by atoms with Crippen LogP contribution in [0.5, 0.6) is 0 Å². The van der Waals surface area contributed by atoms with Crippen LogP contribution in [0.1, 0.15) is 23.6 Å². The molecule has 0 amide bonds. The summed E-state index contributed by atoms with van der Waals surface area (Å²) < 4.78 is 53.7. The van der Waals surface area contributed by atoms with Crippen molar-refractivity contribution in [3.63, 3.8) is 0 Å². The molecule has 0 saturated carbocycles. The van der Waals surface area contributed by atoms with Crippen LogP contribution in [-0.4, -0.2) is 35.1 Å². The van der Waals surface area contributed by atoms with Gasteiger partial charge in [0.2, 0.25) is 10.0 Å². The van der Waals surface area contributed by atoms with Crippen LogP contribution in [0.2, 0.25) is 5.02 Å². The number of oxime groups is 1. The van der Waals surface area contributed by atoms with Crippen molar-refractivity contribution >= 4 is 43.1 Å². The first-order chi connectivity index (χ1) is 12.6. The van der Waals surface area contributed by atoms with Gasteiger partial charge in [-0.25, -0.2) is 8.42 Å². The van der Waals surface area contributed by atoms with E-state index in [0.29, 0.717) is 27.5 Å². The highest BCUT2D eigenvalue weighted by atomic mass is 35.5. The molecule has 1 aliphatic rings. The normalized spacial score (nSPS) is 19.0. The zero-order chi connectivity index (χ0) is 19.8. The van der Waals surface area contributed by atoms with Gasteiger partial charge < -0.3 is 0 Å². The molecule has 1 unspecified atom stereocenters. The van der Waals surface area contributed by atoms with Crippen LogP contribution in [-0.2, 0) is 24.4 Å². The molecule has 10 heteroatoms. The van der Waals surface area contributed by atoms with E-state index in [1.807, 2.05) is 0 Å². The van der Waals surface area contributed by atoms with E-state index in [2.05, 4.69) is 9.44 Å². The van der Waals surface area contributed by atoms with E-state index in [9.17, 15) is 16.8 Å². The molecule has 1 aliphatic heterocycles. The van der Waals surface area contributed by atoms with Crippen molar-refractivity contribution in [2.45, 2.75) is 12.5 Å². The lowest BCUT2D eigenvalue weighted by atomic mass is 9.92. The Morgan fingerprint density at radius 3 is 2.26 bits per heavy atom. The SMILES string of the molecule is CS(=O)(=O)O/N=C1\CC(c2ccc(Cl)cc2)N(S(C)(=O)=O)c2ccccc21. The zero-order valence-corrected chi connectivity index (χ0v) is 16.9. The predicted octanol–water partition coefficient (Wildman–Crippen LogP) is 2.93. The van der Waals surface area contributed by atoms with Crippen LogP contribution in [0.3, 0.4) is 0 Å². The summed E-state index contributed by atoms with van der Waals surface area (Å²) in [5.74, 6) is 0. The van der Waals surface area contributed by atoms with Crippen LogP contribution >= 0.6 is 11.6 Å². The molecule has 7 nitrogen and oxygen atoms in total. The van der Waals surface area contributed by atoms with Gasteiger partial charge in [0.25, 0.3) is 0 Å². The average Bonchev–Trinajstić information content (AvgIpc) is 2.58. The minimum atomic E-state index is -3.79. The second-order valence-corrected chi connectivity index (χ2v) is 10.0. The number of nitrogens with zero attached hydrogens (tertiary/aromatic N) is 2. The van der Waals surface area contributed by atoms with Crippen molar-refractivity contribution < 1.29 is 21.1 Å². The minimum absolute atomic E-state index is 0.140. The summed E-state index contributed by atoms with van der Waals surface area (Å²) in [6.07, 6.45) is 2.16. The highest BCUT2D eigenvalue weighted by Gasteiger charge is 2.36. The quantitative estimate of drug-likeness (QED) is 0.698. The molecule has 0 saturated heterocycles. The Morgan fingerprint density at radius 2 is 1.67 bits per heavy atom. The number of hydrogen-bond acceptors (Lipinski definition) is 6. The van der Waals surface area contributed by atoms with Crippen molar-refractivity contribution in [3.05, 3.63) is 64.7 Å². The Balaban J connectivity index is 2.19. The van der Waals surface area contributed by atoms with E-state index < -0.39 is 26.2 Å². The molecule has 0 fully saturated rings. The second kappa shape index (κ2) is 7.14. The van der Waals surface area contributed by atoms with Crippen LogP contribution in [0.15, 0.2) is 53.7 Å². The smallest absolute Gasteiger partial charge is 0.268 e. The molecule has 0 radical (unpaired) electrons. The maximum absolute atomic E-state index is 12.6. The van der Waals surface area contributed by atoms with Gasteiger partial charge in [-0.15, -0.1) is 0 Å². The molecule has 0 aliphatic carbocycles. The summed E-state index contributed by atoms with van der Waals surface area (Å²) in [6.45, 7) is 0. The number of benzene rings is 2. The van der Waals surface area contributed by atoms with Crippen molar-refractivity contribution in [1.82, 2.24) is 0 Å². The number of fused-ring (bicyclic) bond motifs is 1. The average molecular weight is 429 g/mol. The summed E-state index contributed by atoms with van der Waals surface area (Å²) in [6, 6.07) is 12.9. The van der Waals surface area contributed by atoms with Crippen molar-refractivity contribution in [2.75, 3.05) is 16.8 Å². The van der Waals surface area contributed by atoms with Gasteiger partial charge in [0.15, 0.2) is 0 Å². The molecule has 0 aromatic heterocycles. The molecule has 2 aromatic carbocycles. The molecule has 0 bridgehead atoms. The Labute approximate surface area is 163 Å². The van der Waals surface area contributed by atoms with Gasteiger partial charge in [-0.3, -0.25) is 8.59 Å². The van der Waals surface area contributed by atoms with Gasteiger partial charge in [-0.2, -0.15) is 8.42 Å². The summed E-state index contributed by atoms with van der Waals surface area (Å²) in [7, 11) is -7.42. The molecule has 3 rings (SSSR count). The molecule has 2 aromatic rings. The molecule has 1 atom stereocenters. The highest BCUT2D eigenvalue weighted by molar-refractivity contribution is 7.92. The predicted molar refractivity (Wildman–Crippen MR) is 105 cm³/mol. The third kappa shape index (κ3) is 4.42. The van der Waals surface area contributed by atoms with Gasteiger partial charge in [-0.05, 0) is 23.8 Å². The van der Waals surface area contributed by atoms with Crippen LogP contribution in [0, 0.1) is 0 Å². The van der Waals surface area contributed by atoms with Crippen molar-refractivity contribution in [2.24, 2.45) is 5.16 Å². The highest BCUT2D eigenvalue weighted by Crippen LogP contribution is 2.40. The second-order valence-electron chi connectivity index (χ2n) is 6.16. The van der Waals surface area contributed by atoms with E-state index in [0.717, 1.165) is 12.5 Å². The largest absolute Gasteiger partial charge is 0.325 e. The summed E-state index contributed by atoms with van der Waals surface area (Å²) in [4.78, 5) is 0. The molecule has 1 heterocycles. The van der Waals surface area contributed by atoms with Gasteiger partial charge >= 0.3 is 10.1 Å². The standard InChI is InChI=1S/C17H17ClN2O5S2/c1-26(21,22)20-16-6-4-3-5-14(16)15(19-25-27(2,23)24)11-17(20)12-7-9-13(18)10-8-12/h3-10,17H,11H2,1-2H3/b19-15+. The third-order valence-electron chi connectivity index (χ3n) is 4.02. The van der Waals surface area contributed by atoms with E-state index in [1.165, 1.54) is 4.31 Å². The van der Waals surface area contributed by atoms with Gasteiger partial charge in [0, 0.05) is 17.0 Å². The van der Waals surface area contributed by atoms with E-state index in [1.54, 1.807) is 48.5 Å². The lowest BCUT2D eigenvalue weighted by molar-refractivity contribution is 0.341. The van der Waals surface area contributed by atoms with Crippen LogP contribution in [0.25, 0.3) is 0 Å². The number of hydrogen-bond donors (Lipinski definition) is 0. The Hall–Kier alpha value is -2.10. The third-order valence-corrected chi connectivity index (χ3v) is 5.78. The lowest BCUT2D eigenvalue weighted by Crippen LogP contribution is -2.39. The number of para-hydroxylation sites is 1. The van der Waals surface area contributed by atoms with Gasteiger partial charge in [0.1, 0.15) is 0 Å². The lowest BCUT2D eigenvalue weighted by Gasteiger charge is -2.37. The Kier molecular flexibility index (Phi) is 5.20. The van der Waals surface area contributed by atoms with Crippen LogP contribution < -0.4 is 4.31 Å². The maximum Gasteiger partial charge on any atom is 0.325 e. The first-order valence-corrected chi connectivity index (χ1v) is 11.9. The maximum atomic E-state index is 12.6. The first kappa shape index (κ1) is 19.7. The van der Waals surface area contributed by atoms with Crippen molar-refractivity contribution in [3.8, 4) is 0 Å². The van der Waals surface area contributed by atoms with Gasteiger partial charge in [0.05, 0.1) is 30.0 Å². The van der Waals surface area contributed by atoms with E-state index in [4.69, 9.17) is 11.6 Å². The number of rotatable bonds is 4. The summed E-state index contributed by atoms with van der Waals surface area (Å²) in [5.41, 5.74) is 1.95. The molecule has 144 valence electrons. The fraction of sp³-hybridized carbons (Fsp3) is 0.235. The molecule has 27 heavy (non-hydrogen) atoms. The first-order valence-electron chi connectivity index (χ1n) is 7.86. The molecular formula is C17H17ClN2O5S2. The molecule has 0 spiro atoms. The fourth-order valence-corrected chi connectivity index (χ4v) is 4.53. The Bertz CT molecular complexity index is 1100. The van der Waals surface area contributed by atoms with Gasteiger partial charge in [-0.1, -0.05) is 47.1 Å². The topological polar surface area (TPSA) is 93.1 Å². The minimum Gasteiger partial charge on any atom is -0.268 e. The van der Waals surface area contributed by atoms with E-state index >= 15 is 0 Å². The monoisotopic (exact) mass is 428 g/mol. The zero-order valence-electron chi connectivity index (χ0n) is 14.5. The molecular weight excluding hydrogens is 412 g/mol. The number of sulfonamides is 1. The number of halogens is 1. The van der Waals surface area contributed by atoms with E-state index in [-0.39, 0.29) is 6.42 Å². The van der Waals surface area contributed by atoms with Crippen molar-refractivity contribution in [1.29, 1.82) is 0 Å². The fourth-order valence-electron chi connectivity index (χ4n) is 3.00. The summed E-state index contributed by atoms with van der Waals surface area (Å²) >= 11 is 5.94. The summed E-state index contributed by atoms with van der Waals surface area (Å²) in [5, 5.41) is 4.31. The molecule has 0 N–H and O–H groups in total. The number of anilines is 1.